The Morgan fingerprint density at radius 2 is 2.33 bits per heavy atom. The molecule has 6 heteroatoms. The molecule has 0 radical (unpaired) electrons. The molecule has 112 valence electrons. The number of aromatic nitrogens is 1. The quantitative estimate of drug-likeness (QED) is 0.826. The van der Waals surface area contributed by atoms with Gasteiger partial charge in [-0.15, -0.1) is 0 Å². The Morgan fingerprint density at radius 1 is 1.48 bits per heavy atom. The molecule has 2 N–H and O–H groups in total. The number of amides is 2. The zero-order valence-electron chi connectivity index (χ0n) is 12.2. The van der Waals surface area contributed by atoms with Crippen molar-refractivity contribution in [3.05, 3.63) is 29.1 Å². The topological polar surface area (TPSA) is 74.3 Å². The van der Waals surface area contributed by atoms with Gasteiger partial charge in [0.05, 0.1) is 0 Å². The lowest BCUT2D eigenvalue weighted by atomic mass is 10.00. The van der Waals surface area contributed by atoms with Gasteiger partial charge in [-0.05, 0) is 30.0 Å². The number of hydrogen-bond donors (Lipinski definition) is 2. The molecular weight excluding hydrogens is 268 g/mol. The maximum absolute atomic E-state index is 11.6. The largest absolute Gasteiger partial charge is 0.354 e. The van der Waals surface area contributed by atoms with Crippen LogP contribution in [0.5, 0.6) is 0 Å². The Labute approximate surface area is 123 Å². The van der Waals surface area contributed by atoms with Crippen LogP contribution in [0.2, 0.25) is 0 Å². The van der Waals surface area contributed by atoms with Gasteiger partial charge >= 0.3 is 0 Å². The second-order valence-electron chi connectivity index (χ2n) is 5.71. The van der Waals surface area contributed by atoms with Crippen LogP contribution < -0.4 is 10.6 Å². The molecule has 0 spiro atoms. The van der Waals surface area contributed by atoms with Gasteiger partial charge < -0.3 is 10.6 Å². The number of rotatable bonds is 3. The highest BCUT2D eigenvalue weighted by Gasteiger charge is 2.25. The van der Waals surface area contributed by atoms with Gasteiger partial charge in [-0.25, -0.2) is 0 Å². The molecule has 1 atom stereocenters. The Hall–Kier alpha value is -1.95. The number of carbonyl (C=O) groups is 2. The fraction of sp³-hybridized carbons (Fsp3) is 0.533. The van der Waals surface area contributed by atoms with Crippen molar-refractivity contribution in [2.45, 2.75) is 31.8 Å². The highest BCUT2D eigenvalue weighted by atomic mass is 16.2. The van der Waals surface area contributed by atoms with Crippen molar-refractivity contribution in [3.8, 4) is 0 Å². The first-order valence-electron chi connectivity index (χ1n) is 7.37. The summed E-state index contributed by atoms with van der Waals surface area (Å²) in [4.78, 5) is 29.4. The third-order valence-electron chi connectivity index (χ3n) is 4.20. The van der Waals surface area contributed by atoms with Crippen LogP contribution in [-0.2, 0) is 17.8 Å². The van der Waals surface area contributed by atoms with Crippen LogP contribution in [0.4, 0.5) is 0 Å². The minimum Gasteiger partial charge on any atom is -0.354 e. The van der Waals surface area contributed by atoms with Crippen LogP contribution in [0.15, 0.2) is 12.3 Å². The van der Waals surface area contributed by atoms with Gasteiger partial charge in [0.1, 0.15) is 5.69 Å². The molecule has 0 saturated carbocycles. The van der Waals surface area contributed by atoms with E-state index in [-0.39, 0.29) is 17.9 Å². The van der Waals surface area contributed by atoms with E-state index in [0.717, 1.165) is 32.5 Å². The van der Waals surface area contributed by atoms with E-state index in [9.17, 15) is 9.59 Å². The Balaban J connectivity index is 1.65. The van der Waals surface area contributed by atoms with Crippen molar-refractivity contribution in [2.75, 3.05) is 20.1 Å². The lowest BCUT2D eigenvalue weighted by Gasteiger charge is -2.30. The maximum Gasteiger partial charge on any atom is 0.269 e. The molecule has 3 heterocycles. The summed E-state index contributed by atoms with van der Waals surface area (Å²) in [5, 5.41) is 5.60. The van der Waals surface area contributed by atoms with Gasteiger partial charge in [-0.3, -0.25) is 19.5 Å². The average Bonchev–Trinajstić information content (AvgIpc) is 2.91. The fourth-order valence-electron chi connectivity index (χ4n) is 3.03. The third-order valence-corrected chi connectivity index (χ3v) is 4.20. The summed E-state index contributed by atoms with van der Waals surface area (Å²) in [5.41, 5.74) is 2.86. The predicted molar refractivity (Wildman–Crippen MR) is 77.8 cm³/mol. The number of carbonyl (C=O) groups excluding carboxylic acids is 2. The number of nitrogens with one attached hydrogen (secondary N) is 2. The van der Waals surface area contributed by atoms with Crippen molar-refractivity contribution in [1.29, 1.82) is 0 Å². The van der Waals surface area contributed by atoms with E-state index in [0.29, 0.717) is 12.1 Å². The van der Waals surface area contributed by atoms with Gasteiger partial charge in [0.15, 0.2) is 0 Å². The van der Waals surface area contributed by atoms with E-state index >= 15 is 0 Å². The van der Waals surface area contributed by atoms with Crippen molar-refractivity contribution < 1.29 is 9.59 Å². The number of nitrogens with zero attached hydrogens (tertiary/aromatic N) is 2. The molecule has 1 aromatic rings. The molecule has 3 rings (SSSR count). The summed E-state index contributed by atoms with van der Waals surface area (Å²) in [7, 11) is 1.61. The van der Waals surface area contributed by atoms with E-state index in [4.69, 9.17) is 0 Å². The minimum absolute atomic E-state index is 0.145. The zero-order chi connectivity index (χ0) is 14.8. The highest BCUT2D eigenvalue weighted by molar-refractivity contribution is 5.92. The standard InChI is InChI=1S/C15H20N4O2/c1-16-15(21)13-6-10-4-5-19(8-11(10)7-17-13)9-12-2-3-14(20)18-12/h6-7,12H,2-5,8-9H2,1H3,(H,16,21)(H,18,20). The normalized spacial score (nSPS) is 21.8. The molecule has 1 unspecified atom stereocenters. The van der Waals surface area contributed by atoms with Crippen molar-refractivity contribution in [2.24, 2.45) is 0 Å². The molecule has 0 aliphatic carbocycles. The first-order valence-corrected chi connectivity index (χ1v) is 7.37. The second-order valence-corrected chi connectivity index (χ2v) is 5.71. The summed E-state index contributed by atoms with van der Waals surface area (Å²) in [6, 6.07) is 2.17. The van der Waals surface area contributed by atoms with Gasteiger partial charge in [0.2, 0.25) is 5.91 Å². The van der Waals surface area contributed by atoms with E-state index in [1.165, 1.54) is 11.1 Å². The molecule has 2 aliphatic heterocycles. The Kier molecular flexibility index (Phi) is 3.88. The smallest absolute Gasteiger partial charge is 0.269 e. The first-order chi connectivity index (χ1) is 10.2. The minimum atomic E-state index is -0.145. The van der Waals surface area contributed by atoms with Gasteiger partial charge in [0, 0.05) is 45.3 Å². The summed E-state index contributed by atoms with van der Waals surface area (Å²) >= 11 is 0. The van der Waals surface area contributed by atoms with Crippen LogP contribution >= 0.6 is 0 Å². The van der Waals surface area contributed by atoms with E-state index < -0.39 is 0 Å². The number of hydrogen-bond acceptors (Lipinski definition) is 4. The molecule has 6 nitrogen and oxygen atoms in total. The van der Waals surface area contributed by atoms with Crippen LogP contribution in [0.1, 0.15) is 34.5 Å². The molecule has 1 saturated heterocycles. The number of pyridine rings is 1. The molecule has 21 heavy (non-hydrogen) atoms. The summed E-state index contributed by atoms with van der Waals surface area (Å²) in [6.45, 7) is 2.68. The van der Waals surface area contributed by atoms with Crippen LogP contribution in [0, 0.1) is 0 Å². The molecule has 2 aliphatic rings. The molecule has 1 aromatic heterocycles. The van der Waals surface area contributed by atoms with Crippen LogP contribution in [0.3, 0.4) is 0 Å². The van der Waals surface area contributed by atoms with E-state index in [2.05, 4.69) is 20.5 Å². The molecular formula is C15H20N4O2. The average molecular weight is 288 g/mol. The predicted octanol–water partition coefficient (Wildman–Crippen LogP) is 0.0779. The molecule has 1 fully saturated rings. The SMILES string of the molecule is CNC(=O)c1cc2c(cn1)CN(CC1CCC(=O)N1)CC2. The van der Waals surface area contributed by atoms with Crippen molar-refractivity contribution >= 4 is 11.8 Å². The van der Waals surface area contributed by atoms with Crippen molar-refractivity contribution in [1.82, 2.24) is 20.5 Å². The Bertz CT molecular complexity index is 573. The molecule has 2 amide bonds. The Morgan fingerprint density at radius 3 is 3.05 bits per heavy atom. The third kappa shape index (κ3) is 3.05. The second kappa shape index (κ2) is 5.81. The van der Waals surface area contributed by atoms with Gasteiger partial charge in [-0.1, -0.05) is 0 Å². The summed E-state index contributed by atoms with van der Waals surface area (Å²) in [6.07, 6.45) is 4.30. The summed E-state index contributed by atoms with van der Waals surface area (Å²) < 4.78 is 0. The lowest BCUT2D eigenvalue weighted by Crippen LogP contribution is -2.41. The lowest BCUT2D eigenvalue weighted by molar-refractivity contribution is -0.119. The van der Waals surface area contributed by atoms with Crippen molar-refractivity contribution in [3.63, 3.8) is 0 Å². The molecule has 0 bridgehead atoms. The van der Waals surface area contributed by atoms with E-state index in [1.54, 1.807) is 13.2 Å². The fourth-order valence-corrected chi connectivity index (χ4v) is 3.03. The zero-order valence-corrected chi connectivity index (χ0v) is 12.2. The van der Waals surface area contributed by atoms with Gasteiger partial charge in [0.25, 0.3) is 5.91 Å². The number of fused-ring (bicyclic) bond motifs is 1. The molecule has 0 aromatic carbocycles. The maximum atomic E-state index is 11.6. The van der Waals surface area contributed by atoms with Crippen LogP contribution in [0.25, 0.3) is 0 Å². The summed E-state index contributed by atoms with van der Waals surface area (Å²) in [5.74, 6) is 0.0168. The van der Waals surface area contributed by atoms with Gasteiger partial charge in [-0.2, -0.15) is 0 Å². The van der Waals surface area contributed by atoms with Crippen LogP contribution in [-0.4, -0.2) is 47.9 Å². The highest BCUT2D eigenvalue weighted by Crippen LogP contribution is 2.20. The first kappa shape index (κ1) is 14.0. The monoisotopic (exact) mass is 288 g/mol. The van der Waals surface area contributed by atoms with E-state index in [1.807, 2.05) is 6.07 Å².